The molecule has 3 rings (SSSR count). The second-order valence-corrected chi connectivity index (χ2v) is 6.71. The van der Waals surface area contributed by atoms with Crippen LogP contribution in [-0.2, 0) is 6.54 Å². The van der Waals surface area contributed by atoms with Crippen molar-refractivity contribution in [1.29, 1.82) is 0 Å². The highest BCUT2D eigenvalue weighted by Gasteiger charge is 2.16. The molecule has 0 aliphatic heterocycles. The van der Waals surface area contributed by atoms with Gasteiger partial charge in [0.25, 0.3) is 0 Å². The van der Waals surface area contributed by atoms with Crippen LogP contribution >= 0.6 is 11.6 Å². The summed E-state index contributed by atoms with van der Waals surface area (Å²) in [6.45, 7) is 6.73. The topological polar surface area (TPSA) is 68.2 Å². The third-order valence-electron chi connectivity index (χ3n) is 4.33. The molecular formula is C21H23ClN4O2. The fraction of sp³-hybridized carbons (Fsp3) is 0.238. The number of nitrogens with one attached hydrogen (secondary N) is 2. The molecule has 28 heavy (non-hydrogen) atoms. The first-order valence-corrected chi connectivity index (χ1v) is 9.44. The summed E-state index contributed by atoms with van der Waals surface area (Å²) >= 11 is 6.26. The molecule has 1 aromatic heterocycles. The van der Waals surface area contributed by atoms with Gasteiger partial charge in [-0.15, -0.1) is 0 Å². The SMILES string of the molecule is CCOc1ccccc1NC(=O)Nc1c(C)nn(Cc2ccccc2Cl)c1C. The lowest BCUT2D eigenvalue weighted by Gasteiger charge is -2.12. The second kappa shape index (κ2) is 8.80. The summed E-state index contributed by atoms with van der Waals surface area (Å²) in [5.74, 6) is 0.628. The van der Waals surface area contributed by atoms with E-state index in [1.165, 1.54) is 0 Å². The third-order valence-corrected chi connectivity index (χ3v) is 4.70. The molecule has 0 spiro atoms. The molecule has 0 fully saturated rings. The van der Waals surface area contributed by atoms with Crippen molar-refractivity contribution in [2.45, 2.75) is 27.3 Å². The summed E-state index contributed by atoms with van der Waals surface area (Å²) in [6, 6.07) is 14.6. The number of ether oxygens (including phenoxy) is 1. The summed E-state index contributed by atoms with van der Waals surface area (Å²) < 4.78 is 7.38. The van der Waals surface area contributed by atoms with Gasteiger partial charge < -0.3 is 15.4 Å². The normalized spacial score (nSPS) is 10.6. The Morgan fingerprint density at radius 3 is 2.57 bits per heavy atom. The summed E-state index contributed by atoms with van der Waals surface area (Å²) in [5, 5.41) is 11.0. The summed E-state index contributed by atoms with van der Waals surface area (Å²) in [4.78, 5) is 12.5. The van der Waals surface area contributed by atoms with Crippen LogP contribution in [0.25, 0.3) is 0 Å². The monoisotopic (exact) mass is 398 g/mol. The molecule has 0 unspecified atom stereocenters. The maximum Gasteiger partial charge on any atom is 0.323 e. The van der Waals surface area contributed by atoms with Crippen LogP contribution in [0.15, 0.2) is 48.5 Å². The molecule has 1 heterocycles. The van der Waals surface area contributed by atoms with E-state index in [4.69, 9.17) is 16.3 Å². The molecule has 2 aromatic carbocycles. The average Bonchev–Trinajstić information content (AvgIpc) is 2.93. The van der Waals surface area contributed by atoms with E-state index in [0.29, 0.717) is 35.3 Å². The second-order valence-electron chi connectivity index (χ2n) is 6.30. The van der Waals surface area contributed by atoms with Gasteiger partial charge in [0.05, 0.1) is 35.9 Å². The number of amides is 2. The maximum absolute atomic E-state index is 12.5. The Hall–Kier alpha value is -2.99. The molecule has 3 aromatic rings. The zero-order chi connectivity index (χ0) is 20.1. The standard InChI is InChI=1S/C21H23ClN4O2/c1-4-28-19-12-8-7-11-18(19)23-21(27)24-20-14(2)25-26(15(20)3)13-16-9-5-6-10-17(16)22/h5-12H,4,13H2,1-3H3,(H2,23,24,27). The van der Waals surface area contributed by atoms with Gasteiger partial charge in [-0.3, -0.25) is 4.68 Å². The van der Waals surface area contributed by atoms with Crippen molar-refractivity contribution in [1.82, 2.24) is 9.78 Å². The van der Waals surface area contributed by atoms with E-state index in [1.54, 1.807) is 6.07 Å². The number of aryl methyl sites for hydroxylation is 1. The largest absolute Gasteiger partial charge is 0.492 e. The molecule has 0 aliphatic rings. The number of anilines is 2. The van der Waals surface area contributed by atoms with Crippen LogP contribution in [0.5, 0.6) is 5.75 Å². The Morgan fingerprint density at radius 1 is 1.11 bits per heavy atom. The van der Waals surface area contributed by atoms with Gasteiger partial charge in [-0.1, -0.05) is 41.9 Å². The minimum absolute atomic E-state index is 0.351. The average molecular weight is 399 g/mol. The molecule has 0 bridgehead atoms. The van der Waals surface area contributed by atoms with Crippen molar-refractivity contribution < 1.29 is 9.53 Å². The number of urea groups is 1. The van der Waals surface area contributed by atoms with Crippen LogP contribution < -0.4 is 15.4 Å². The van der Waals surface area contributed by atoms with Crippen LogP contribution in [0.4, 0.5) is 16.2 Å². The van der Waals surface area contributed by atoms with Crippen LogP contribution in [0.2, 0.25) is 5.02 Å². The lowest BCUT2D eigenvalue weighted by molar-refractivity contribution is 0.262. The van der Waals surface area contributed by atoms with Crippen LogP contribution in [0.3, 0.4) is 0 Å². The minimum Gasteiger partial charge on any atom is -0.492 e. The summed E-state index contributed by atoms with van der Waals surface area (Å²) in [7, 11) is 0. The Bertz CT molecular complexity index is 984. The summed E-state index contributed by atoms with van der Waals surface area (Å²) in [6.07, 6.45) is 0. The van der Waals surface area contributed by atoms with Crippen molar-refractivity contribution >= 4 is 29.0 Å². The molecule has 2 amide bonds. The van der Waals surface area contributed by atoms with E-state index in [1.807, 2.05) is 67.9 Å². The van der Waals surface area contributed by atoms with Gasteiger partial charge in [-0.05, 0) is 44.5 Å². The van der Waals surface area contributed by atoms with E-state index in [2.05, 4.69) is 15.7 Å². The molecule has 7 heteroatoms. The number of rotatable bonds is 6. The number of benzene rings is 2. The first-order chi connectivity index (χ1) is 13.5. The Kier molecular flexibility index (Phi) is 6.21. The number of para-hydroxylation sites is 2. The number of nitrogens with zero attached hydrogens (tertiary/aromatic N) is 2. The van der Waals surface area contributed by atoms with Gasteiger partial charge in [-0.2, -0.15) is 5.10 Å². The molecule has 0 atom stereocenters. The van der Waals surface area contributed by atoms with Gasteiger partial charge in [0, 0.05) is 5.02 Å². The Morgan fingerprint density at radius 2 is 1.82 bits per heavy atom. The lowest BCUT2D eigenvalue weighted by atomic mass is 10.2. The first-order valence-electron chi connectivity index (χ1n) is 9.06. The smallest absolute Gasteiger partial charge is 0.323 e. The molecule has 0 saturated carbocycles. The van der Waals surface area contributed by atoms with Crippen molar-refractivity contribution in [2.24, 2.45) is 0 Å². The Labute approximate surface area is 169 Å². The Balaban J connectivity index is 1.75. The van der Waals surface area contributed by atoms with E-state index in [9.17, 15) is 4.79 Å². The molecular weight excluding hydrogens is 376 g/mol. The van der Waals surface area contributed by atoms with Crippen molar-refractivity contribution in [3.8, 4) is 5.75 Å². The molecule has 2 N–H and O–H groups in total. The van der Waals surface area contributed by atoms with E-state index in [0.717, 1.165) is 17.0 Å². The zero-order valence-electron chi connectivity index (χ0n) is 16.1. The predicted octanol–water partition coefficient (Wildman–Crippen LogP) is 5.24. The van der Waals surface area contributed by atoms with Crippen molar-refractivity contribution in [3.05, 3.63) is 70.5 Å². The maximum atomic E-state index is 12.5. The van der Waals surface area contributed by atoms with E-state index in [-0.39, 0.29) is 6.03 Å². The number of hydrogen-bond donors (Lipinski definition) is 2. The van der Waals surface area contributed by atoms with Gasteiger partial charge in [0.2, 0.25) is 0 Å². The number of halogens is 1. The van der Waals surface area contributed by atoms with E-state index >= 15 is 0 Å². The van der Waals surface area contributed by atoms with Crippen LogP contribution in [0.1, 0.15) is 23.9 Å². The fourth-order valence-corrected chi connectivity index (χ4v) is 3.13. The molecule has 6 nitrogen and oxygen atoms in total. The third kappa shape index (κ3) is 4.46. The highest BCUT2D eigenvalue weighted by atomic mass is 35.5. The van der Waals surface area contributed by atoms with Crippen LogP contribution in [-0.4, -0.2) is 22.4 Å². The number of carbonyl (C=O) groups is 1. The highest BCUT2D eigenvalue weighted by Crippen LogP contribution is 2.26. The van der Waals surface area contributed by atoms with Crippen LogP contribution in [0, 0.1) is 13.8 Å². The van der Waals surface area contributed by atoms with Crippen molar-refractivity contribution in [2.75, 3.05) is 17.2 Å². The van der Waals surface area contributed by atoms with Gasteiger partial charge in [-0.25, -0.2) is 4.79 Å². The molecule has 0 radical (unpaired) electrons. The predicted molar refractivity (Wildman–Crippen MR) is 113 cm³/mol. The van der Waals surface area contributed by atoms with Gasteiger partial charge in [0.15, 0.2) is 0 Å². The highest BCUT2D eigenvalue weighted by molar-refractivity contribution is 6.31. The molecule has 0 aliphatic carbocycles. The number of carbonyl (C=O) groups excluding carboxylic acids is 1. The van der Waals surface area contributed by atoms with Gasteiger partial charge in [0.1, 0.15) is 5.75 Å². The number of aromatic nitrogens is 2. The molecule has 146 valence electrons. The van der Waals surface area contributed by atoms with Gasteiger partial charge >= 0.3 is 6.03 Å². The van der Waals surface area contributed by atoms with E-state index < -0.39 is 0 Å². The quantitative estimate of drug-likeness (QED) is 0.596. The van der Waals surface area contributed by atoms with Crippen molar-refractivity contribution in [3.63, 3.8) is 0 Å². The lowest BCUT2D eigenvalue weighted by Crippen LogP contribution is -2.20. The zero-order valence-corrected chi connectivity index (χ0v) is 16.9. The first kappa shape index (κ1) is 19.8. The summed E-state index contributed by atoms with van der Waals surface area (Å²) in [5.41, 5.74) is 3.85. The number of hydrogen-bond acceptors (Lipinski definition) is 3. The molecule has 0 saturated heterocycles. The fourth-order valence-electron chi connectivity index (χ4n) is 2.94. The minimum atomic E-state index is -0.351.